The standard InChI is InChI=1S/C25H20ClN3O4S/c1-33-19-11-7-16(8-12-19)23-21(15-27)22(28)24(25(30)17-5-3-2-4-6-17)29(23)34(31,32)20-13-9-18(26)10-14-20/h2-14,23-24H,28H2,1H3. The minimum absolute atomic E-state index is 0.00279. The number of ketones is 1. The molecule has 172 valence electrons. The molecule has 1 aliphatic rings. The van der Waals surface area contributed by atoms with Gasteiger partial charge in [0, 0.05) is 10.6 Å². The van der Waals surface area contributed by atoms with E-state index in [9.17, 15) is 18.5 Å². The second-order valence-electron chi connectivity index (χ2n) is 7.58. The maximum absolute atomic E-state index is 13.9. The summed E-state index contributed by atoms with van der Waals surface area (Å²) in [5.74, 6) is 0.0284. The SMILES string of the molecule is COc1ccc(C2C(C#N)=C(N)C(C(=O)c3ccccc3)N2S(=O)(=O)c2ccc(Cl)cc2)cc1. The second kappa shape index (κ2) is 9.31. The molecular formula is C25H20ClN3O4S. The summed E-state index contributed by atoms with van der Waals surface area (Å²) in [6.45, 7) is 0. The number of benzene rings is 3. The summed E-state index contributed by atoms with van der Waals surface area (Å²) in [6, 6.07) is 20.0. The van der Waals surface area contributed by atoms with Gasteiger partial charge in [0.05, 0.1) is 35.4 Å². The highest BCUT2D eigenvalue weighted by atomic mass is 35.5. The quantitative estimate of drug-likeness (QED) is 0.517. The highest BCUT2D eigenvalue weighted by Crippen LogP contribution is 2.44. The number of sulfonamides is 1. The molecule has 4 rings (SSSR count). The fraction of sp³-hybridized carbons (Fsp3) is 0.120. The van der Waals surface area contributed by atoms with Gasteiger partial charge in [-0.1, -0.05) is 54.1 Å². The number of nitrogens with zero attached hydrogens (tertiary/aromatic N) is 2. The van der Waals surface area contributed by atoms with E-state index < -0.39 is 27.9 Å². The fourth-order valence-electron chi connectivity index (χ4n) is 3.97. The Kier molecular flexibility index (Phi) is 6.44. The van der Waals surface area contributed by atoms with E-state index in [4.69, 9.17) is 22.1 Å². The highest BCUT2D eigenvalue weighted by molar-refractivity contribution is 7.89. The summed E-state index contributed by atoms with van der Waals surface area (Å²) in [7, 11) is -2.79. The van der Waals surface area contributed by atoms with Crippen molar-refractivity contribution in [2.75, 3.05) is 7.11 Å². The third-order valence-electron chi connectivity index (χ3n) is 5.64. The molecule has 1 aliphatic heterocycles. The van der Waals surface area contributed by atoms with Crippen LogP contribution in [-0.4, -0.2) is 31.7 Å². The van der Waals surface area contributed by atoms with Crippen molar-refractivity contribution in [2.24, 2.45) is 5.73 Å². The smallest absolute Gasteiger partial charge is 0.245 e. The third kappa shape index (κ3) is 4.05. The van der Waals surface area contributed by atoms with Crippen LogP contribution in [-0.2, 0) is 10.0 Å². The molecule has 0 saturated carbocycles. The monoisotopic (exact) mass is 493 g/mol. The molecule has 2 N–H and O–H groups in total. The Hall–Kier alpha value is -3.64. The topological polar surface area (TPSA) is 113 Å². The summed E-state index contributed by atoms with van der Waals surface area (Å²) in [5, 5.41) is 10.3. The number of halogens is 1. The van der Waals surface area contributed by atoms with Crippen LogP contribution in [0, 0.1) is 11.3 Å². The molecule has 34 heavy (non-hydrogen) atoms. The Bertz CT molecular complexity index is 1400. The number of methoxy groups -OCH3 is 1. The Balaban J connectivity index is 1.93. The lowest BCUT2D eigenvalue weighted by molar-refractivity contribution is 0.0918. The van der Waals surface area contributed by atoms with Crippen molar-refractivity contribution in [3.63, 3.8) is 0 Å². The molecule has 0 aromatic heterocycles. The number of nitrogens with two attached hydrogens (primary N) is 1. The van der Waals surface area contributed by atoms with Crippen LogP contribution in [0.2, 0.25) is 5.02 Å². The van der Waals surface area contributed by atoms with Gasteiger partial charge < -0.3 is 10.5 Å². The van der Waals surface area contributed by atoms with E-state index in [1.807, 2.05) is 6.07 Å². The zero-order valence-electron chi connectivity index (χ0n) is 18.1. The molecule has 3 aromatic rings. The van der Waals surface area contributed by atoms with Crippen molar-refractivity contribution in [3.8, 4) is 11.8 Å². The number of carbonyl (C=O) groups excluding carboxylic acids is 1. The number of hydrogen-bond acceptors (Lipinski definition) is 6. The van der Waals surface area contributed by atoms with E-state index in [0.717, 1.165) is 4.31 Å². The Morgan fingerprint density at radius 1 is 1.03 bits per heavy atom. The van der Waals surface area contributed by atoms with Crippen LogP contribution in [0.3, 0.4) is 0 Å². The molecule has 1 heterocycles. The molecule has 7 nitrogen and oxygen atoms in total. The van der Waals surface area contributed by atoms with E-state index in [2.05, 4.69) is 0 Å². The van der Waals surface area contributed by atoms with Crippen molar-refractivity contribution in [1.29, 1.82) is 5.26 Å². The molecular weight excluding hydrogens is 474 g/mol. The molecule has 9 heteroatoms. The predicted molar refractivity (Wildman–Crippen MR) is 128 cm³/mol. The Labute approximate surface area is 202 Å². The number of nitriles is 1. The molecule has 2 atom stereocenters. The highest BCUT2D eigenvalue weighted by Gasteiger charge is 2.50. The number of hydrogen-bond donors (Lipinski definition) is 1. The fourth-order valence-corrected chi connectivity index (χ4v) is 5.81. The van der Waals surface area contributed by atoms with Crippen molar-refractivity contribution < 1.29 is 17.9 Å². The minimum atomic E-state index is -4.30. The molecule has 0 amide bonds. The second-order valence-corrected chi connectivity index (χ2v) is 9.86. The first-order valence-corrected chi connectivity index (χ1v) is 12.0. The van der Waals surface area contributed by atoms with E-state index in [0.29, 0.717) is 16.3 Å². The Morgan fingerprint density at radius 2 is 1.65 bits per heavy atom. The summed E-state index contributed by atoms with van der Waals surface area (Å²) in [6.07, 6.45) is 0. The molecule has 0 bridgehead atoms. The van der Waals surface area contributed by atoms with Crippen molar-refractivity contribution in [2.45, 2.75) is 17.0 Å². The van der Waals surface area contributed by atoms with Gasteiger partial charge in [-0.15, -0.1) is 0 Å². The first-order chi connectivity index (χ1) is 16.3. The van der Waals surface area contributed by atoms with Crippen LogP contribution >= 0.6 is 11.6 Å². The zero-order valence-corrected chi connectivity index (χ0v) is 19.6. The molecule has 0 aliphatic carbocycles. The molecule has 2 unspecified atom stereocenters. The molecule has 0 fully saturated rings. The summed E-state index contributed by atoms with van der Waals surface area (Å²) in [5.41, 5.74) is 6.98. The number of Topliss-reactive ketones (excluding diaryl/α,β-unsaturated/α-hetero) is 1. The minimum Gasteiger partial charge on any atom is -0.497 e. The maximum Gasteiger partial charge on any atom is 0.245 e. The molecule has 0 saturated heterocycles. The van der Waals surface area contributed by atoms with Crippen molar-refractivity contribution in [1.82, 2.24) is 4.31 Å². The van der Waals surface area contributed by atoms with E-state index >= 15 is 0 Å². The molecule has 0 radical (unpaired) electrons. The largest absolute Gasteiger partial charge is 0.497 e. The van der Waals surface area contributed by atoms with E-state index in [1.54, 1.807) is 54.6 Å². The van der Waals surface area contributed by atoms with Gasteiger partial charge in [-0.3, -0.25) is 4.79 Å². The summed E-state index contributed by atoms with van der Waals surface area (Å²) < 4.78 is 34.1. The summed E-state index contributed by atoms with van der Waals surface area (Å²) in [4.78, 5) is 13.5. The van der Waals surface area contributed by atoms with Crippen LogP contribution in [0.5, 0.6) is 5.75 Å². The average Bonchev–Trinajstić information content (AvgIpc) is 3.17. The van der Waals surface area contributed by atoms with Crippen LogP contribution in [0.1, 0.15) is 22.0 Å². The molecule has 0 spiro atoms. The lowest BCUT2D eigenvalue weighted by Crippen LogP contribution is -2.45. The summed E-state index contributed by atoms with van der Waals surface area (Å²) >= 11 is 5.96. The van der Waals surface area contributed by atoms with Gasteiger partial charge in [-0.2, -0.15) is 9.57 Å². The number of carbonyl (C=O) groups is 1. The number of rotatable bonds is 6. The van der Waals surface area contributed by atoms with Gasteiger partial charge in [0.15, 0.2) is 5.78 Å². The van der Waals surface area contributed by atoms with Gasteiger partial charge in [-0.05, 0) is 42.0 Å². The van der Waals surface area contributed by atoms with E-state index in [-0.39, 0.29) is 21.7 Å². The van der Waals surface area contributed by atoms with Crippen LogP contribution in [0.25, 0.3) is 0 Å². The van der Waals surface area contributed by atoms with Gasteiger partial charge in [-0.25, -0.2) is 8.42 Å². The van der Waals surface area contributed by atoms with Gasteiger partial charge >= 0.3 is 0 Å². The molecule has 3 aromatic carbocycles. The lowest BCUT2D eigenvalue weighted by Gasteiger charge is -2.30. The normalized spacial score (nSPS) is 18.5. The average molecular weight is 494 g/mol. The first-order valence-electron chi connectivity index (χ1n) is 10.2. The number of ether oxygens (including phenoxy) is 1. The van der Waals surface area contributed by atoms with E-state index in [1.165, 1.54) is 31.4 Å². The third-order valence-corrected chi connectivity index (χ3v) is 7.73. The van der Waals surface area contributed by atoms with Gasteiger partial charge in [0.2, 0.25) is 10.0 Å². The Morgan fingerprint density at radius 3 is 2.21 bits per heavy atom. The zero-order chi connectivity index (χ0) is 24.5. The van der Waals surface area contributed by atoms with Gasteiger partial charge in [0.1, 0.15) is 11.8 Å². The van der Waals surface area contributed by atoms with Gasteiger partial charge in [0.25, 0.3) is 0 Å². The van der Waals surface area contributed by atoms with Crippen molar-refractivity contribution in [3.05, 3.63) is 106 Å². The van der Waals surface area contributed by atoms with Crippen LogP contribution in [0.15, 0.2) is 95.0 Å². The van der Waals surface area contributed by atoms with Crippen LogP contribution in [0.4, 0.5) is 0 Å². The predicted octanol–water partition coefficient (Wildman–Crippen LogP) is 4.08. The first kappa shape index (κ1) is 23.5. The lowest BCUT2D eigenvalue weighted by atomic mass is 10.00. The van der Waals surface area contributed by atoms with Crippen molar-refractivity contribution >= 4 is 27.4 Å². The maximum atomic E-state index is 13.9. The van der Waals surface area contributed by atoms with Crippen LogP contribution < -0.4 is 10.5 Å².